The van der Waals surface area contributed by atoms with E-state index in [9.17, 15) is 0 Å². The maximum atomic E-state index is 9.03. The lowest BCUT2D eigenvalue weighted by atomic mass is 10.2. The van der Waals surface area contributed by atoms with Gasteiger partial charge in [0.25, 0.3) is 0 Å². The minimum atomic E-state index is 0.275. The summed E-state index contributed by atoms with van der Waals surface area (Å²) in [6, 6.07) is 9.43. The first-order valence-corrected chi connectivity index (χ1v) is 8.05. The Balaban J connectivity index is 1.60. The lowest BCUT2D eigenvalue weighted by Crippen LogP contribution is -2.46. The standard InChI is InChI=1S/C16H15Cl2N5/c17-12-1-2-13(20-10-12)11-22-5-7-23(8-6-22)16-4-3-14(18)15(9-19)21-16/h1-4,10H,5-8,11H2. The van der Waals surface area contributed by atoms with Crippen LogP contribution in [0.1, 0.15) is 11.4 Å². The van der Waals surface area contributed by atoms with Gasteiger partial charge in [-0.3, -0.25) is 9.88 Å². The van der Waals surface area contributed by atoms with Gasteiger partial charge in [0.05, 0.1) is 15.7 Å². The number of halogens is 2. The number of piperazine rings is 1. The number of hydrogen-bond donors (Lipinski definition) is 0. The third-order valence-electron chi connectivity index (χ3n) is 3.81. The van der Waals surface area contributed by atoms with Gasteiger partial charge in [0.2, 0.25) is 0 Å². The maximum absolute atomic E-state index is 9.03. The summed E-state index contributed by atoms with van der Waals surface area (Å²) < 4.78 is 0. The van der Waals surface area contributed by atoms with Gasteiger partial charge < -0.3 is 4.90 Å². The first kappa shape index (κ1) is 16.0. The fraction of sp³-hybridized carbons (Fsp3) is 0.312. The Labute approximate surface area is 145 Å². The topological polar surface area (TPSA) is 56.1 Å². The molecule has 0 N–H and O–H groups in total. The van der Waals surface area contributed by atoms with Gasteiger partial charge >= 0.3 is 0 Å². The second-order valence-corrected chi connectivity index (χ2v) is 6.19. The number of nitrogens with zero attached hydrogens (tertiary/aromatic N) is 5. The first-order valence-electron chi connectivity index (χ1n) is 7.30. The number of nitriles is 1. The van der Waals surface area contributed by atoms with Crippen molar-refractivity contribution in [1.29, 1.82) is 5.26 Å². The lowest BCUT2D eigenvalue weighted by Gasteiger charge is -2.35. The zero-order valence-corrected chi connectivity index (χ0v) is 13.9. The SMILES string of the molecule is N#Cc1nc(N2CCN(Cc3ccc(Cl)cn3)CC2)ccc1Cl. The van der Waals surface area contributed by atoms with Gasteiger partial charge in [0.1, 0.15) is 11.9 Å². The van der Waals surface area contributed by atoms with E-state index in [0.29, 0.717) is 10.0 Å². The van der Waals surface area contributed by atoms with Crippen molar-refractivity contribution in [3.05, 3.63) is 51.9 Å². The summed E-state index contributed by atoms with van der Waals surface area (Å²) in [6.07, 6.45) is 1.67. The van der Waals surface area contributed by atoms with Gasteiger partial charge in [0, 0.05) is 38.9 Å². The van der Waals surface area contributed by atoms with E-state index in [1.165, 1.54) is 0 Å². The summed E-state index contributed by atoms with van der Waals surface area (Å²) in [5.41, 5.74) is 1.29. The average Bonchev–Trinajstić information content (AvgIpc) is 2.58. The van der Waals surface area contributed by atoms with E-state index in [-0.39, 0.29) is 5.69 Å². The molecule has 0 amide bonds. The van der Waals surface area contributed by atoms with Crippen LogP contribution in [0, 0.1) is 11.3 Å². The summed E-state index contributed by atoms with van der Waals surface area (Å²) in [4.78, 5) is 13.2. The van der Waals surface area contributed by atoms with Gasteiger partial charge in [-0.15, -0.1) is 0 Å². The van der Waals surface area contributed by atoms with E-state index in [0.717, 1.165) is 44.2 Å². The number of pyridine rings is 2. The van der Waals surface area contributed by atoms with Crippen LogP contribution in [0.2, 0.25) is 10.0 Å². The number of anilines is 1. The molecule has 118 valence electrons. The quantitative estimate of drug-likeness (QED) is 0.854. The largest absolute Gasteiger partial charge is 0.354 e. The summed E-state index contributed by atoms with van der Waals surface area (Å²) in [6.45, 7) is 4.34. The van der Waals surface area contributed by atoms with Crippen molar-refractivity contribution in [3.63, 3.8) is 0 Å². The predicted octanol–water partition coefficient (Wildman–Crippen LogP) is 2.98. The predicted molar refractivity (Wildman–Crippen MR) is 90.7 cm³/mol. The average molecular weight is 348 g/mol. The highest BCUT2D eigenvalue weighted by Gasteiger charge is 2.19. The second kappa shape index (κ2) is 7.14. The lowest BCUT2D eigenvalue weighted by molar-refractivity contribution is 0.246. The van der Waals surface area contributed by atoms with Crippen molar-refractivity contribution in [2.24, 2.45) is 0 Å². The van der Waals surface area contributed by atoms with Gasteiger partial charge in [-0.2, -0.15) is 5.26 Å². The molecule has 23 heavy (non-hydrogen) atoms. The van der Waals surface area contributed by atoms with Crippen LogP contribution in [0.25, 0.3) is 0 Å². The van der Waals surface area contributed by atoms with Crippen LogP contribution in [0.4, 0.5) is 5.82 Å². The van der Waals surface area contributed by atoms with Crippen molar-refractivity contribution < 1.29 is 0 Å². The molecular weight excluding hydrogens is 333 g/mol. The highest BCUT2D eigenvalue weighted by Crippen LogP contribution is 2.20. The molecule has 0 spiro atoms. The molecule has 0 bridgehead atoms. The summed E-state index contributed by atoms with van der Waals surface area (Å²) >= 11 is 11.8. The zero-order valence-electron chi connectivity index (χ0n) is 12.4. The number of hydrogen-bond acceptors (Lipinski definition) is 5. The minimum Gasteiger partial charge on any atom is -0.354 e. The Morgan fingerprint density at radius 1 is 1.09 bits per heavy atom. The summed E-state index contributed by atoms with van der Waals surface area (Å²) in [5, 5.41) is 10.1. The summed E-state index contributed by atoms with van der Waals surface area (Å²) in [7, 11) is 0. The monoisotopic (exact) mass is 347 g/mol. The molecule has 7 heteroatoms. The Hall–Kier alpha value is -1.87. The molecule has 0 radical (unpaired) electrons. The molecule has 0 saturated carbocycles. The van der Waals surface area contributed by atoms with E-state index < -0.39 is 0 Å². The molecule has 0 atom stereocenters. The van der Waals surface area contributed by atoms with Crippen LogP contribution in [0.15, 0.2) is 30.5 Å². The number of rotatable bonds is 3. The Bertz CT molecular complexity index is 718. The Morgan fingerprint density at radius 2 is 1.87 bits per heavy atom. The van der Waals surface area contributed by atoms with Crippen molar-refractivity contribution in [1.82, 2.24) is 14.9 Å². The van der Waals surface area contributed by atoms with Crippen LogP contribution in [-0.2, 0) is 6.54 Å². The van der Waals surface area contributed by atoms with Crippen molar-refractivity contribution in [2.75, 3.05) is 31.1 Å². The van der Waals surface area contributed by atoms with Gasteiger partial charge in [0.15, 0.2) is 5.69 Å². The van der Waals surface area contributed by atoms with E-state index in [2.05, 4.69) is 19.8 Å². The molecule has 3 heterocycles. The second-order valence-electron chi connectivity index (χ2n) is 5.34. The van der Waals surface area contributed by atoms with E-state index in [4.69, 9.17) is 28.5 Å². The molecule has 0 aromatic carbocycles. The minimum absolute atomic E-state index is 0.275. The molecule has 0 aliphatic carbocycles. The molecule has 1 aliphatic rings. The van der Waals surface area contributed by atoms with Crippen LogP contribution in [-0.4, -0.2) is 41.0 Å². The van der Waals surface area contributed by atoms with Crippen molar-refractivity contribution in [2.45, 2.75) is 6.54 Å². The van der Waals surface area contributed by atoms with Crippen LogP contribution >= 0.6 is 23.2 Å². The van der Waals surface area contributed by atoms with Crippen molar-refractivity contribution in [3.8, 4) is 6.07 Å². The summed E-state index contributed by atoms with van der Waals surface area (Å²) in [5.74, 6) is 0.801. The molecular formula is C16H15Cl2N5. The smallest absolute Gasteiger partial charge is 0.161 e. The fourth-order valence-corrected chi connectivity index (χ4v) is 2.81. The highest BCUT2D eigenvalue weighted by atomic mass is 35.5. The first-order chi connectivity index (χ1) is 11.2. The third-order valence-corrected chi connectivity index (χ3v) is 4.34. The highest BCUT2D eigenvalue weighted by molar-refractivity contribution is 6.31. The van der Waals surface area contributed by atoms with Crippen LogP contribution in [0.3, 0.4) is 0 Å². The van der Waals surface area contributed by atoms with E-state index in [1.807, 2.05) is 24.3 Å². The van der Waals surface area contributed by atoms with Gasteiger partial charge in [-0.25, -0.2) is 4.98 Å². The molecule has 1 saturated heterocycles. The Kier molecular flexibility index (Phi) is 4.97. The fourth-order valence-electron chi connectivity index (χ4n) is 2.55. The van der Waals surface area contributed by atoms with E-state index >= 15 is 0 Å². The molecule has 3 rings (SSSR count). The number of aromatic nitrogens is 2. The normalized spacial score (nSPS) is 15.4. The van der Waals surface area contributed by atoms with Gasteiger partial charge in [-0.1, -0.05) is 23.2 Å². The van der Waals surface area contributed by atoms with Gasteiger partial charge in [-0.05, 0) is 24.3 Å². The molecule has 1 fully saturated rings. The molecule has 1 aliphatic heterocycles. The molecule has 2 aromatic heterocycles. The third kappa shape index (κ3) is 3.91. The van der Waals surface area contributed by atoms with Crippen molar-refractivity contribution >= 4 is 29.0 Å². The Morgan fingerprint density at radius 3 is 2.52 bits per heavy atom. The van der Waals surface area contributed by atoms with E-state index in [1.54, 1.807) is 12.3 Å². The van der Waals surface area contributed by atoms with Crippen LogP contribution in [0.5, 0.6) is 0 Å². The van der Waals surface area contributed by atoms with Crippen LogP contribution < -0.4 is 4.90 Å². The molecule has 2 aromatic rings. The molecule has 5 nitrogen and oxygen atoms in total. The zero-order chi connectivity index (χ0) is 16.2. The molecule has 0 unspecified atom stereocenters. The maximum Gasteiger partial charge on any atom is 0.161 e.